The number of rotatable bonds is 3. The minimum absolute atomic E-state index is 0.0542. The van der Waals surface area contributed by atoms with Gasteiger partial charge in [-0.05, 0) is 30.3 Å². The van der Waals surface area contributed by atoms with Crippen LogP contribution in [-0.4, -0.2) is 15.8 Å². The van der Waals surface area contributed by atoms with Crippen LogP contribution in [0.25, 0.3) is 0 Å². The van der Waals surface area contributed by atoms with E-state index in [2.05, 4.69) is 21.8 Å². The largest absolute Gasteiger partial charge is 0.294 e. The second-order valence-corrected chi connectivity index (χ2v) is 6.35. The Morgan fingerprint density at radius 3 is 2.83 bits per heavy atom. The van der Waals surface area contributed by atoms with E-state index in [1.807, 2.05) is 12.1 Å². The van der Waals surface area contributed by atoms with E-state index in [9.17, 15) is 4.79 Å². The molecular weight excluding hydrogens is 328 g/mol. The number of ketones is 1. The average molecular weight is 339 g/mol. The van der Waals surface area contributed by atoms with Crippen LogP contribution in [0.2, 0.25) is 5.02 Å². The summed E-state index contributed by atoms with van der Waals surface area (Å²) in [6.45, 7) is 0. The lowest BCUT2D eigenvalue weighted by Crippen LogP contribution is -2.02. The first-order valence-electron chi connectivity index (χ1n) is 6.85. The molecule has 0 fully saturated rings. The molecule has 3 nitrogen and oxygen atoms in total. The number of hydrogen-bond acceptors (Lipinski definition) is 4. The molecule has 0 radical (unpaired) electrons. The lowest BCUT2D eigenvalue weighted by Gasteiger charge is -1.97. The van der Waals surface area contributed by atoms with Crippen molar-refractivity contribution < 1.29 is 4.79 Å². The molecule has 0 spiro atoms. The zero-order valence-corrected chi connectivity index (χ0v) is 13.6. The normalized spacial score (nSPS) is 9.96. The summed E-state index contributed by atoms with van der Waals surface area (Å²) in [4.78, 5) is 22.0. The summed E-state index contributed by atoms with van der Waals surface area (Å²) in [7, 11) is 0. The van der Waals surface area contributed by atoms with Gasteiger partial charge in [-0.2, -0.15) is 0 Å². The van der Waals surface area contributed by atoms with Crippen LogP contribution >= 0.6 is 22.9 Å². The number of halogens is 1. The molecule has 0 aromatic carbocycles. The van der Waals surface area contributed by atoms with Gasteiger partial charge >= 0.3 is 0 Å². The predicted octanol–water partition coefficient (Wildman–Crippen LogP) is 4.02. The molecule has 0 N–H and O–H groups in total. The maximum atomic E-state index is 12.1. The summed E-state index contributed by atoms with van der Waals surface area (Å²) in [5.74, 6) is 6.14. The summed E-state index contributed by atoms with van der Waals surface area (Å²) < 4.78 is 0. The van der Waals surface area contributed by atoms with Gasteiger partial charge in [0.2, 0.25) is 0 Å². The lowest BCUT2D eigenvalue weighted by molar-refractivity contribution is 0.0993. The molecule has 0 aliphatic rings. The molecule has 0 aliphatic heterocycles. The van der Waals surface area contributed by atoms with Crippen LogP contribution in [0.4, 0.5) is 0 Å². The van der Waals surface area contributed by atoms with Crippen molar-refractivity contribution >= 4 is 28.7 Å². The first kappa shape index (κ1) is 15.4. The second-order valence-electron chi connectivity index (χ2n) is 4.75. The molecule has 0 saturated carbocycles. The first-order valence-corrected chi connectivity index (χ1v) is 8.05. The number of pyridine rings is 2. The fourth-order valence-corrected chi connectivity index (χ4v) is 2.98. The van der Waals surface area contributed by atoms with Crippen LogP contribution in [0.5, 0.6) is 0 Å². The van der Waals surface area contributed by atoms with Crippen molar-refractivity contribution in [3.63, 3.8) is 0 Å². The molecule has 112 valence electrons. The van der Waals surface area contributed by atoms with Gasteiger partial charge in [0.25, 0.3) is 0 Å². The number of hydrogen-bond donors (Lipinski definition) is 0. The van der Waals surface area contributed by atoms with Crippen molar-refractivity contribution in [2.45, 2.75) is 6.42 Å². The van der Waals surface area contributed by atoms with E-state index in [1.165, 1.54) is 11.3 Å². The highest BCUT2D eigenvalue weighted by atomic mass is 35.5. The van der Waals surface area contributed by atoms with E-state index < -0.39 is 0 Å². The van der Waals surface area contributed by atoms with E-state index in [0.717, 1.165) is 15.3 Å². The Kier molecular flexibility index (Phi) is 4.82. The second kappa shape index (κ2) is 7.19. The van der Waals surface area contributed by atoms with Gasteiger partial charge in [-0.3, -0.25) is 14.8 Å². The van der Waals surface area contributed by atoms with Crippen molar-refractivity contribution in [3.8, 4) is 11.8 Å². The fraction of sp³-hybridized carbons (Fsp3) is 0.0556. The monoisotopic (exact) mass is 338 g/mol. The molecule has 0 atom stereocenters. The Hall–Kier alpha value is -2.48. The minimum atomic E-state index is 0.0542. The highest BCUT2D eigenvalue weighted by Crippen LogP contribution is 2.18. The molecule has 5 heteroatoms. The van der Waals surface area contributed by atoms with E-state index in [1.54, 1.807) is 43.0 Å². The maximum absolute atomic E-state index is 12.1. The van der Waals surface area contributed by atoms with Gasteiger partial charge in [0.1, 0.15) is 0 Å². The topological polar surface area (TPSA) is 42.9 Å². The van der Waals surface area contributed by atoms with Crippen LogP contribution in [0.3, 0.4) is 0 Å². The van der Waals surface area contributed by atoms with Crippen LogP contribution in [0.15, 0.2) is 55.1 Å². The zero-order valence-electron chi connectivity index (χ0n) is 12.0. The van der Waals surface area contributed by atoms with Gasteiger partial charge in [-0.25, -0.2) is 0 Å². The highest BCUT2D eigenvalue weighted by molar-refractivity contribution is 7.12. The third-order valence-corrected chi connectivity index (χ3v) is 4.22. The van der Waals surface area contributed by atoms with E-state index in [-0.39, 0.29) is 5.78 Å². The van der Waals surface area contributed by atoms with E-state index in [4.69, 9.17) is 11.6 Å². The Morgan fingerprint density at radius 2 is 2.04 bits per heavy atom. The SMILES string of the molecule is O=C(Cc1ccc(C#Cc2cncc(Cl)c2)s1)c1cccnc1. The van der Waals surface area contributed by atoms with Crippen molar-refractivity contribution in [1.82, 2.24) is 9.97 Å². The summed E-state index contributed by atoms with van der Waals surface area (Å²) in [6, 6.07) is 9.15. The summed E-state index contributed by atoms with van der Waals surface area (Å²) >= 11 is 7.39. The highest BCUT2D eigenvalue weighted by Gasteiger charge is 2.08. The number of aromatic nitrogens is 2. The predicted molar refractivity (Wildman–Crippen MR) is 91.8 cm³/mol. The maximum Gasteiger partial charge on any atom is 0.169 e. The zero-order chi connectivity index (χ0) is 16.1. The molecule has 3 aromatic heterocycles. The van der Waals surface area contributed by atoms with Gasteiger partial charge in [-0.1, -0.05) is 23.4 Å². The Bertz CT molecular complexity index is 894. The third-order valence-electron chi connectivity index (χ3n) is 3.01. The smallest absolute Gasteiger partial charge is 0.169 e. The summed E-state index contributed by atoms with van der Waals surface area (Å²) in [5.41, 5.74) is 1.39. The first-order chi connectivity index (χ1) is 11.2. The number of thiophene rings is 1. The Labute approximate surface area is 143 Å². The van der Waals surface area contributed by atoms with Crippen molar-refractivity contribution in [2.75, 3.05) is 0 Å². The molecular formula is C18H11ClN2OS. The van der Waals surface area contributed by atoms with Gasteiger partial charge in [0, 0.05) is 47.2 Å². The van der Waals surface area contributed by atoms with Gasteiger partial charge in [0.15, 0.2) is 5.78 Å². The number of nitrogens with zero attached hydrogens (tertiary/aromatic N) is 2. The van der Waals surface area contributed by atoms with Crippen molar-refractivity contribution in [3.05, 3.63) is 81.0 Å². The van der Waals surface area contributed by atoms with Crippen molar-refractivity contribution in [2.24, 2.45) is 0 Å². The molecule has 0 saturated heterocycles. The summed E-state index contributed by atoms with van der Waals surface area (Å²) in [5, 5.41) is 0.561. The molecule has 3 rings (SSSR count). The van der Waals surface area contributed by atoms with E-state index in [0.29, 0.717) is 17.0 Å². The Balaban J connectivity index is 1.71. The third kappa shape index (κ3) is 4.26. The minimum Gasteiger partial charge on any atom is -0.294 e. The molecule has 0 unspecified atom stereocenters. The molecule has 3 aromatic rings. The van der Waals surface area contributed by atoms with Crippen molar-refractivity contribution in [1.29, 1.82) is 0 Å². The number of carbonyl (C=O) groups is 1. The number of Topliss-reactive ketones (excluding diaryl/α,β-unsaturated/α-hetero) is 1. The van der Waals surface area contributed by atoms with Crippen LogP contribution < -0.4 is 0 Å². The Morgan fingerprint density at radius 1 is 1.13 bits per heavy atom. The average Bonchev–Trinajstić information content (AvgIpc) is 3.01. The van der Waals surface area contributed by atoms with Crippen LogP contribution in [-0.2, 0) is 6.42 Å². The molecule has 3 heterocycles. The fourth-order valence-electron chi connectivity index (χ4n) is 1.94. The molecule has 23 heavy (non-hydrogen) atoms. The number of carbonyl (C=O) groups excluding carboxylic acids is 1. The summed E-state index contributed by atoms with van der Waals surface area (Å²) in [6.07, 6.45) is 6.83. The standard InChI is InChI=1S/C18H11ClN2OS/c19-15-8-13(10-21-12-15)3-4-16-5-6-17(23-16)9-18(22)14-2-1-7-20-11-14/h1-2,5-8,10-12H,9H2. The quantitative estimate of drug-likeness (QED) is 0.535. The molecule has 0 amide bonds. The van der Waals surface area contributed by atoms with Crippen LogP contribution in [0, 0.1) is 11.8 Å². The van der Waals surface area contributed by atoms with Gasteiger partial charge in [0.05, 0.1) is 9.90 Å². The van der Waals surface area contributed by atoms with Gasteiger partial charge in [-0.15, -0.1) is 11.3 Å². The van der Waals surface area contributed by atoms with Crippen LogP contribution in [0.1, 0.15) is 25.7 Å². The molecule has 0 bridgehead atoms. The molecule has 0 aliphatic carbocycles. The van der Waals surface area contributed by atoms with Gasteiger partial charge < -0.3 is 0 Å². The van der Waals surface area contributed by atoms with E-state index >= 15 is 0 Å². The lowest BCUT2D eigenvalue weighted by atomic mass is 10.1.